The molecule has 1 amide bonds. The van der Waals surface area contributed by atoms with Crippen LogP contribution in [0, 0.1) is 16.0 Å². The third kappa shape index (κ3) is 3.69. The van der Waals surface area contributed by atoms with Crippen LogP contribution in [0.1, 0.15) is 37.7 Å². The number of aryl methyl sites for hydroxylation is 1. The Morgan fingerprint density at radius 3 is 3.00 bits per heavy atom. The molecule has 124 valence electrons. The van der Waals surface area contributed by atoms with Gasteiger partial charge in [0.2, 0.25) is 5.91 Å². The first-order chi connectivity index (χ1) is 11.1. The SMILES string of the molecule is O=C(CC[C@@H]1CCCOC1)N1CCCc2ccc([N+](=O)[O-])cc21. The van der Waals surface area contributed by atoms with Gasteiger partial charge in [0.25, 0.3) is 5.69 Å². The van der Waals surface area contributed by atoms with E-state index in [4.69, 9.17) is 4.74 Å². The second-order valence-corrected chi connectivity index (χ2v) is 6.34. The molecule has 1 aromatic carbocycles. The van der Waals surface area contributed by atoms with Gasteiger partial charge in [0, 0.05) is 38.3 Å². The molecule has 0 aromatic heterocycles. The molecule has 3 rings (SSSR count). The predicted molar refractivity (Wildman–Crippen MR) is 86.5 cm³/mol. The Morgan fingerprint density at radius 1 is 1.39 bits per heavy atom. The molecule has 0 aliphatic carbocycles. The Hall–Kier alpha value is -1.95. The molecule has 0 N–H and O–H groups in total. The number of hydrogen-bond donors (Lipinski definition) is 0. The molecule has 1 saturated heterocycles. The summed E-state index contributed by atoms with van der Waals surface area (Å²) in [7, 11) is 0. The molecule has 2 heterocycles. The topological polar surface area (TPSA) is 72.7 Å². The third-order valence-corrected chi connectivity index (χ3v) is 4.72. The Bertz CT molecular complexity index is 596. The van der Waals surface area contributed by atoms with Gasteiger partial charge >= 0.3 is 0 Å². The van der Waals surface area contributed by atoms with Crippen LogP contribution in [0.25, 0.3) is 0 Å². The van der Waals surface area contributed by atoms with Gasteiger partial charge in [0.15, 0.2) is 0 Å². The van der Waals surface area contributed by atoms with Crippen molar-refractivity contribution in [2.24, 2.45) is 5.92 Å². The number of ether oxygens (including phenoxy) is 1. The number of hydrogen-bond acceptors (Lipinski definition) is 4. The molecule has 0 saturated carbocycles. The largest absolute Gasteiger partial charge is 0.381 e. The zero-order valence-corrected chi connectivity index (χ0v) is 13.2. The van der Waals surface area contributed by atoms with E-state index in [1.165, 1.54) is 12.1 Å². The molecular formula is C17H22N2O4. The Labute approximate surface area is 135 Å². The molecule has 0 radical (unpaired) electrons. The normalized spacial score (nSPS) is 20.9. The molecule has 0 unspecified atom stereocenters. The van der Waals surface area contributed by atoms with Crippen molar-refractivity contribution >= 4 is 17.3 Å². The number of non-ortho nitro benzene ring substituents is 1. The second kappa shape index (κ2) is 7.08. The van der Waals surface area contributed by atoms with E-state index < -0.39 is 4.92 Å². The van der Waals surface area contributed by atoms with E-state index in [-0.39, 0.29) is 11.6 Å². The second-order valence-electron chi connectivity index (χ2n) is 6.34. The lowest BCUT2D eigenvalue weighted by Gasteiger charge is -2.30. The first kappa shape index (κ1) is 15.9. The van der Waals surface area contributed by atoms with Crippen LogP contribution in [0.3, 0.4) is 0 Å². The van der Waals surface area contributed by atoms with Gasteiger partial charge in [-0.05, 0) is 43.6 Å². The highest BCUT2D eigenvalue weighted by molar-refractivity contribution is 5.95. The molecular weight excluding hydrogens is 296 g/mol. The predicted octanol–water partition coefficient (Wildman–Crippen LogP) is 3.08. The van der Waals surface area contributed by atoms with Gasteiger partial charge in [-0.1, -0.05) is 6.07 Å². The maximum atomic E-state index is 12.6. The first-order valence-corrected chi connectivity index (χ1v) is 8.30. The Balaban J connectivity index is 1.69. The molecule has 2 aliphatic heterocycles. The highest BCUT2D eigenvalue weighted by Gasteiger charge is 2.25. The van der Waals surface area contributed by atoms with Crippen LogP contribution in [-0.2, 0) is 16.0 Å². The van der Waals surface area contributed by atoms with Crippen molar-refractivity contribution in [2.45, 2.75) is 38.5 Å². The van der Waals surface area contributed by atoms with Crippen molar-refractivity contribution in [3.05, 3.63) is 33.9 Å². The summed E-state index contributed by atoms with van der Waals surface area (Å²) in [5.74, 6) is 0.527. The van der Waals surface area contributed by atoms with Crippen LogP contribution >= 0.6 is 0 Å². The number of benzene rings is 1. The molecule has 1 fully saturated rings. The Kier molecular flexibility index (Phi) is 4.91. The van der Waals surface area contributed by atoms with Crippen molar-refractivity contribution in [2.75, 3.05) is 24.7 Å². The van der Waals surface area contributed by atoms with Crippen LogP contribution in [-0.4, -0.2) is 30.6 Å². The fraction of sp³-hybridized carbons (Fsp3) is 0.588. The van der Waals surface area contributed by atoms with E-state index in [0.717, 1.165) is 56.6 Å². The van der Waals surface area contributed by atoms with Gasteiger partial charge in [-0.3, -0.25) is 14.9 Å². The van der Waals surface area contributed by atoms with Crippen molar-refractivity contribution in [1.82, 2.24) is 0 Å². The third-order valence-electron chi connectivity index (χ3n) is 4.72. The number of fused-ring (bicyclic) bond motifs is 1. The van der Waals surface area contributed by atoms with Crippen molar-refractivity contribution in [3.8, 4) is 0 Å². The zero-order chi connectivity index (χ0) is 16.2. The number of carbonyl (C=O) groups excluding carboxylic acids is 1. The summed E-state index contributed by atoms with van der Waals surface area (Å²) in [5, 5.41) is 11.0. The number of anilines is 1. The molecule has 1 atom stereocenters. The van der Waals surface area contributed by atoms with Crippen LogP contribution in [0.5, 0.6) is 0 Å². The number of nitro benzene ring substituents is 1. The lowest BCUT2D eigenvalue weighted by atomic mass is 9.95. The summed E-state index contributed by atoms with van der Waals surface area (Å²) in [6.07, 6.45) is 5.28. The summed E-state index contributed by atoms with van der Waals surface area (Å²) in [6.45, 7) is 2.22. The van der Waals surface area contributed by atoms with Crippen LogP contribution in [0.15, 0.2) is 18.2 Å². The zero-order valence-electron chi connectivity index (χ0n) is 13.2. The summed E-state index contributed by atoms with van der Waals surface area (Å²) in [5.41, 5.74) is 1.79. The van der Waals surface area contributed by atoms with E-state index >= 15 is 0 Å². The summed E-state index contributed by atoms with van der Waals surface area (Å²) < 4.78 is 5.46. The minimum absolute atomic E-state index is 0.0455. The summed E-state index contributed by atoms with van der Waals surface area (Å²) >= 11 is 0. The number of amides is 1. The fourth-order valence-corrected chi connectivity index (χ4v) is 3.43. The fourth-order valence-electron chi connectivity index (χ4n) is 3.43. The lowest BCUT2D eigenvalue weighted by molar-refractivity contribution is -0.384. The van der Waals surface area contributed by atoms with Gasteiger partial charge in [-0.25, -0.2) is 0 Å². The van der Waals surface area contributed by atoms with Gasteiger partial charge < -0.3 is 9.64 Å². The highest BCUT2D eigenvalue weighted by atomic mass is 16.6. The minimum Gasteiger partial charge on any atom is -0.381 e. The molecule has 6 heteroatoms. The number of nitrogens with zero attached hydrogens (tertiary/aromatic N) is 2. The summed E-state index contributed by atoms with van der Waals surface area (Å²) in [6, 6.07) is 4.84. The highest BCUT2D eigenvalue weighted by Crippen LogP contribution is 2.32. The van der Waals surface area contributed by atoms with Crippen LogP contribution in [0.2, 0.25) is 0 Å². The van der Waals surface area contributed by atoms with E-state index in [1.807, 2.05) is 0 Å². The number of nitro groups is 1. The van der Waals surface area contributed by atoms with E-state index in [9.17, 15) is 14.9 Å². The minimum atomic E-state index is -0.406. The first-order valence-electron chi connectivity index (χ1n) is 8.30. The van der Waals surface area contributed by atoms with Gasteiger partial charge in [-0.2, -0.15) is 0 Å². The van der Waals surface area contributed by atoms with Gasteiger partial charge in [0.1, 0.15) is 0 Å². The molecule has 0 bridgehead atoms. The van der Waals surface area contributed by atoms with E-state index in [0.29, 0.717) is 18.9 Å². The van der Waals surface area contributed by atoms with E-state index in [1.54, 1.807) is 11.0 Å². The smallest absolute Gasteiger partial charge is 0.271 e. The number of rotatable bonds is 4. The maximum absolute atomic E-state index is 12.6. The van der Waals surface area contributed by atoms with Crippen LogP contribution < -0.4 is 4.90 Å². The Morgan fingerprint density at radius 2 is 2.26 bits per heavy atom. The van der Waals surface area contributed by atoms with Gasteiger partial charge in [0.05, 0.1) is 10.6 Å². The average Bonchev–Trinajstić information content (AvgIpc) is 2.59. The van der Waals surface area contributed by atoms with Crippen molar-refractivity contribution in [1.29, 1.82) is 0 Å². The quantitative estimate of drug-likeness (QED) is 0.631. The van der Waals surface area contributed by atoms with Gasteiger partial charge in [-0.15, -0.1) is 0 Å². The monoisotopic (exact) mass is 318 g/mol. The molecule has 0 spiro atoms. The average molecular weight is 318 g/mol. The van der Waals surface area contributed by atoms with Crippen LogP contribution in [0.4, 0.5) is 11.4 Å². The lowest BCUT2D eigenvalue weighted by Crippen LogP contribution is -2.35. The van der Waals surface area contributed by atoms with Crippen molar-refractivity contribution < 1.29 is 14.5 Å². The van der Waals surface area contributed by atoms with E-state index in [2.05, 4.69) is 0 Å². The van der Waals surface area contributed by atoms with Crippen molar-refractivity contribution in [3.63, 3.8) is 0 Å². The molecule has 2 aliphatic rings. The molecule has 23 heavy (non-hydrogen) atoms. The summed E-state index contributed by atoms with van der Waals surface area (Å²) in [4.78, 5) is 24.9. The molecule has 6 nitrogen and oxygen atoms in total. The molecule has 1 aromatic rings. The number of carbonyl (C=O) groups is 1. The standard InChI is InChI=1S/C17H22N2O4/c20-17(8-5-13-3-2-10-23-12-13)18-9-1-4-14-6-7-15(19(21)22)11-16(14)18/h6-7,11,13H,1-5,8-10,12H2/t13-/m0/s1. The maximum Gasteiger partial charge on any atom is 0.271 e.